The quantitative estimate of drug-likeness (QED) is 0.471. The van der Waals surface area contributed by atoms with Crippen LogP contribution in [-0.2, 0) is 6.54 Å². The number of carbonyl (C=O) groups excluding carboxylic acids is 1. The van der Waals surface area contributed by atoms with Crippen molar-refractivity contribution in [2.24, 2.45) is 0 Å². The topological polar surface area (TPSA) is 101 Å². The second-order valence-corrected chi connectivity index (χ2v) is 8.27. The molecule has 2 aromatic heterocycles. The maximum Gasteiger partial charge on any atom is 0.338 e. The van der Waals surface area contributed by atoms with E-state index in [1.165, 1.54) is 18.2 Å². The number of hydrogen-bond acceptors (Lipinski definition) is 5. The second-order valence-electron chi connectivity index (χ2n) is 8.27. The summed E-state index contributed by atoms with van der Waals surface area (Å²) in [6, 6.07) is 14.8. The molecule has 3 heterocycles. The molecule has 0 unspecified atom stereocenters. The summed E-state index contributed by atoms with van der Waals surface area (Å²) in [4.78, 5) is 30.8. The number of aromatic nitrogens is 4. The van der Waals surface area contributed by atoms with E-state index in [-0.39, 0.29) is 17.5 Å². The number of amides is 1. The number of rotatable bonds is 5. The molecule has 0 aliphatic carbocycles. The molecule has 2 aromatic carbocycles. The molecular weight excluding hydrogens is 437 g/mol. The lowest BCUT2D eigenvalue weighted by atomic mass is 9.98. The third-order valence-corrected chi connectivity index (χ3v) is 5.82. The zero-order valence-electron chi connectivity index (χ0n) is 18.4. The lowest BCUT2D eigenvalue weighted by Crippen LogP contribution is -2.24. The van der Waals surface area contributed by atoms with Gasteiger partial charge >= 0.3 is 5.97 Å². The summed E-state index contributed by atoms with van der Waals surface area (Å²) in [5.41, 5.74) is 1.95. The first kappa shape index (κ1) is 21.4. The average molecular weight is 457 g/mol. The molecular formula is C25H20FN5O3. The number of benzene rings is 2. The molecule has 8 nitrogen and oxygen atoms in total. The lowest BCUT2D eigenvalue weighted by molar-refractivity contribution is 0.0691. The Bertz CT molecular complexity index is 1450. The molecule has 0 saturated heterocycles. The molecule has 1 N–H and O–H groups in total. The Morgan fingerprint density at radius 1 is 1.09 bits per heavy atom. The molecule has 0 atom stereocenters. The van der Waals surface area contributed by atoms with Gasteiger partial charge < -0.3 is 9.67 Å². The van der Waals surface area contributed by atoms with E-state index < -0.39 is 17.3 Å². The van der Waals surface area contributed by atoms with Gasteiger partial charge in [0, 0.05) is 17.2 Å². The van der Waals surface area contributed by atoms with Crippen molar-refractivity contribution in [1.82, 2.24) is 19.7 Å². The number of carbonyl (C=O) groups is 2. The highest BCUT2D eigenvalue weighted by atomic mass is 19.1. The first-order valence-electron chi connectivity index (χ1n) is 10.7. The average Bonchev–Trinajstić information content (AvgIpc) is 3.44. The van der Waals surface area contributed by atoms with E-state index in [9.17, 15) is 19.1 Å². The van der Waals surface area contributed by atoms with Crippen molar-refractivity contribution in [3.63, 3.8) is 0 Å². The van der Waals surface area contributed by atoms with Crippen molar-refractivity contribution in [2.75, 3.05) is 4.90 Å². The van der Waals surface area contributed by atoms with Gasteiger partial charge in [-0.15, -0.1) is 10.2 Å². The third kappa shape index (κ3) is 3.51. The summed E-state index contributed by atoms with van der Waals surface area (Å²) in [6.07, 6.45) is 1.64. The normalized spacial score (nSPS) is 12.9. The van der Waals surface area contributed by atoms with Gasteiger partial charge in [-0.05, 0) is 49.2 Å². The van der Waals surface area contributed by atoms with Crippen LogP contribution in [-0.4, -0.2) is 36.7 Å². The van der Waals surface area contributed by atoms with E-state index in [2.05, 4.69) is 15.2 Å². The summed E-state index contributed by atoms with van der Waals surface area (Å²) >= 11 is 0. The van der Waals surface area contributed by atoms with Gasteiger partial charge in [0.2, 0.25) is 0 Å². The van der Waals surface area contributed by atoms with Crippen LogP contribution in [0.5, 0.6) is 0 Å². The Morgan fingerprint density at radius 2 is 1.88 bits per heavy atom. The number of hydrogen-bond donors (Lipinski definition) is 1. The fraction of sp³-hybridized carbons (Fsp3) is 0.160. The van der Waals surface area contributed by atoms with E-state index in [1.54, 1.807) is 35.5 Å². The molecule has 0 bridgehead atoms. The van der Waals surface area contributed by atoms with Gasteiger partial charge in [-0.2, -0.15) is 0 Å². The highest BCUT2D eigenvalue weighted by Gasteiger charge is 2.30. The molecule has 0 radical (unpaired) electrons. The van der Waals surface area contributed by atoms with Crippen LogP contribution in [0.15, 0.2) is 60.9 Å². The molecule has 1 aliphatic heterocycles. The van der Waals surface area contributed by atoms with Crippen molar-refractivity contribution in [3.8, 4) is 22.6 Å². The standard InChI is InChI=1S/C25H20FN5O3/c1-14(2)31-13-27-29-23(31)20-7-4-8-21(28-20)30-12-16-10-9-15(11-19(16)24(30)32)17-5-3-6-18(22(17)26)25(33)34/h3-11,13-14H,12H2,1-2H3,(H,33,34). The van der Waals surface area contributed by atoms with E-state index in [0.717, 1.165) is 5.56 Å². The third-order valence-electron chi connectivity index (χ3n) is 5.82. The van der Waals surface area contributed by atoms with Crippen LogP contribution in [0.1, 0.15) is 46.2 Å². The minimum atomic E-state index is -1.35. The molecule has 9 heteroatoms. The van der Waals surface area contributed by atoms with Crippen LogP contribution in [0, 0.1) is 5.82 Å². The smallest absolute Gasteiger partial charge is 0.338 e. The number of aromatic carboxylic acids is 1. The van der Waals surface area contributed by atoms with E-state index in [0.29, 0.717) is 35.0 Å². The summed E-state index contributed by atoms with van der Waals surface area (Å²) in [5, 5.41) is 17.4. The largest absolute Gasteiger partial charge is 0.478 e. The number of nitrogens with zero attached hydrogens (tertiary/aromatic N) is 5. The molecule has 5 rings (SSSR count). The number of pyridine rings is 1. The summed E-state index contributed by atoms with van der Waals surface area (Å²) < 4.78 is 16.7. The Balaban J connectivity index is 1.49. The Kier molecular flexibility index (Phi) is 5.16. The van der Waals surface area contributed by atoms with Crippen molar-refractivity contribution in [1.29, 1.82) is 0 Å². The molecule has 0 saturated carbocycles. The molecule has 0 fully saturated rings. The van der Waals surface area contributed by atoms with E-state index in [1.807, 2.05) is 30.5 Å². The van der Waals surface area contributed by atoms with Gasteiger partial charge in [0.15, 0.2) is 5.82 Å². The predicted octanol–water partition coefficient (Wildman–Crippen LogP) is 4.59. The van der Waals surface area contributed by atoms with Gasteiger partial charge in [-0.1, -0.05) is 30.3 Å². The van der Waals surface area contributed by atoms with Crippen LogP contribution in [0.4, 0.5) is 10.2 Å². The SMILES string of the molecule is CC(C)n1cnnc1-c1cccc(N2Cc3ccc(-c4cccc(C(=O)O)c4F)cc3C2=O)n1. The van der Waals surface area contributed by atoms with E-state index >= 15 is 0 Å². The zero-order chi connectivity index (χ0) is 24.0. The summed E-state index contributed by atoms with van der Waals surface area (Å²) in [6.45, 7) is 4.35. The summed E-state index contributed by atoms with van der Waals surface area (Å²) in [7, 11) is 0. The van der Waals surface area contributed by atoms with Gasteiger partial charge in [0.05, 0.1) is 12.1 Å². The number of carboxylic acid groups (broad SMARTS) is 1. The molecule has 0 spiro atoms. The van der Waals surface area contributed by atoms with Crippen molar-refractivity contribution < 1.29 is 19.1 Å². The fourth-order valence-electron chi connectivity index (χ4n) is 4.08. The molecule has 170 valence electrons. The fourth-order valence-corrected chi connectivity index (χ4v) is 4.08. The maximum absolute atomic E-state index is 14.8. The number of fused-ring (bicyclic) bond motifs is 1. The van der Waals surface area contributed by atoms with Crippen LogP contribution in [0.2, 0.25) is 0 Å². The number of halogens is 1. The van der Waals surface area contributed by atoms with Crippen LogP contribution >= 0.6 is 0 Å². The van der Waals surface area contributed by atoms with Crippen LogP contribution in [0.25, 0.3) is 22.6 Å². The molecule has 34 heavy (non-hydrogen) atoms. The van der Waals surface area contributed by atoms with Crippen molar-refractivity contribution in [3.05, 3.63) is 83.4 Å². The minimum absolute atomic E-state index is 0.127. The number of anilines is 1. The van der Waals surface area contributed by atoms with Crippen LogP contribution < -0.4 is 4.90 Å². The lowest BCUT2D eigenvalue weighted by Gasteiger charge is -2.16. The highest BCUT2D eigenvalue weighted by Crippen LogP contribution is 2.33. The monoisotopic (exact) mass is 457 g/mol. The first-order valence-corrected chi connectivity index (χ1v) is 10.7. The predicted molar refractivity (Wildman–Crippen MR) is 123 cm³/mol. The van der Waals surface area contributed by atoms with Crippen molar-refractivity contribution in [2.45, 2.75) is 26.4 Å². The zero-order valence-corrected chi connectivity index (χ0v) is 18.4. The maximum atomic E-state index is 14.8. The van der Waals surface area contributed by atoms with Gasteiger partial charge in [-0.25, -0.2) is 14.2 Å². The molecule has 4 aromatic rings. The Morgan fingerprint density at radius 3 is 2.65 bits per heavy atom. The molecule has 1 aliphatic rings. The highest BCUT2D eigenvalue weighted by molar-refractivity contribution is 6.10. The van der Waals surface area contributed by atoms with Gasteiger partial charge in [0.25, 0.3) is 5.91 Å². The number of carboxylic acids is 1. The van der Waals surface area contributed by atoms with Crippen LogP contribution in [0.3, 0.4) is 0 Å². The Labute approximate surface area is 194 Å². The minimum Gasteiger partial charge on any atom is -0.478 e. The van der Waals surface area contributed by atoms with Gasteiger partial charge in [0.1, 0.15) is 23.7 Å². The summed E-state index contributed by atoms with van der Waals surface area (Å²) in [5.74, 6) is -1.36. The first-order chi connectivity index (χ1) is 16.3. The molecule has 1 amide bonds. The van der Waals surface area contributed by atoms with Gasteiger partial charge in [-0.3, -0.25) is 9.69 Å². The Hall–Kier alpha value is -4.40. The van der Waals surface area contributed by atoms with Crippen molar-refractivity contribution >= 4 is 17.7 Å². The second kappa shape index (κ2) is 8.18. The van der Waals surface area contributed by atoms with E-state index in [4.69, 9.17) is 0 Å².